The lowest BCUT2D eigenvalue weighted by Crippen LogP contribution is -2.31. The molecule has 136 valence electrons. The SMILES string of the molecule is CN1CCC[C@H]1COc1cc(C#N)c(F)nc1OC[C@@H]1CCCN1C. The van der Waals surface area contributed by atoms with Gasteiger partial charge >= 0.3 is 0 Å². The van der Waals surface area contributed by atoms with Gasteiger partial charge < -0.3 is 19.3 Å². The third kappa shape index (κ3) is 4.20. The number of rotatable bonds is 6. The fourth-order valence-electron chi connectivity index (χ4n) is 3.48. The van der Waals surface area contributed by atoms with Gasteiger partial charge in [-0.25, -0.2) is 0 Å². The summed E-state index contributed by atoms with van der Waals surface area (Å²) in [5.41, 5.74) is -0.125. The topological polar surface area (TPSA) is 61.6 Å². The van der Waals surface area contributed by atoms with Crippen molar-refractivity contribution < 1.29 is 13.9 Å². The minimum Gasteiger partial charge on any atom is -0.486 e. The summed E-state index contributed by atoms with van der Waals surface area (Å²) in [5.74, 6) is -0.334. The molecule has 0 spiro atoms. The van der Waals surface area contributed by atoms with Gasteiger partial charge in [-0.05, 0) is 52.9 Å². The zero-order chi connectivity index (χ0) is 17.8. The maximum atomic E-state index is 13.9. The van der Waals surface area contributed by atoms with Crippen LogP contribution in [0.5, 0.6) is 11.6 Å². The van der Waals surface area contributed by atoms with E-state index in [0.717, 1.165) is 38.8 Å². The van der Waals surface area contributed by atoms with Crippen molar-refractivity contribution in [2.45, 2.75) is 37.8 Å². The van der Waals surface area contributed by atoms with Crippen LogP contribution in [-0.4, -0.2) is 67.3 Å². The summed E-state index contributed by atoms with van der Waals surface area (Å²) in [6, 6.07) is 3.83. The highest BCUT2D eigenvalue weighted by Crippen LogP contribution is 2.29. The normalized spacial score (nSPS) is 24.4. The molecule has 7 heteroatoms. The average Bonchev–Trinajstić information content (AvgIpc) is 3.20. The van der Waals surface area contributed by atoms with E-state index in [4.69, 9.17) is 14.7 Å². The highest BCUT2D eigenvalue weighted by molar-refractivity contribution is 5.42. The number of likely N-dealkylation sites (tertiary alicyclic amines) is 2. The third-order valence-electron chi connectivity index (χ3n) is 5.22. The molecule has 0 N–H and O–H groups in total. The molecule has 1 aromatic heterocycles. The number of ether oxygens (including phenoxy) is 2. The number of aromatic nitrogens is 1. The Bertz CT molecular complexity index is 649. The van der Waals surface area contributed by atoms with Gasteiger partial charge in [0.1, 0.15) is 24.8 Å². The van der Waals surface area contributed by atoms with Gasteiger partial charge in [-0.2, -0.15) is 14.6 Å². The Morgan fingerprint density at radius 3 is 2.28 bits per heavy atom. The molecule has 0 aliphatic carbocycles. The number of hydrogen-bond donors (Lipinski definition) is 0. The second-order valence-electron chi connectivity index (χ2n) is 6.92. The van der Waals surface area contributed by atoms with E-state index in [-0.39, 0.29) is 11.4 Å². The highest BCUT2D eigenvalue weighted by Gasteiger charge is 2.25. The first-order valence-corrected chi connectivity index (χ1v) is 8.85. The van der Waals surface area contributed by atoms with E-state index in [0.29, 0.717) is 31.0 Å². The Hall–Kier alpha value is -1.91. The molecule has 0 aromatic carbocycles. The molecule has 3 heterocycles. The molecule has 0 saturated carbocycles. The summed E-state index contributed by atoms with van der Waals surface area (Å²) in [7, 11) is 4.12. The molecule has 0 amide bonds. The molecule has 2 atom stereocenters. The van der Waals surface area contributed by atoms with Crippen LogP contribution in [0.4, 0.5) is 4.39 Å². The van der Waals surface area contributed by atoms with Crippen molar-refractivity contribution in [1.29, 1.82) is 5.26 Å². The summed E-state index contributed by atoms with van der Waals surface area (Å²) in [6.07, 6.45) is 4.40. The van der Waals surface area contributed by atoms with Gasteiger partial charge in [0.2, 0.25) is 5.95 Å². The quantitative estimate of drug-likeness (QED) is 0.733. The first-order valence-electron chi connectivity index (χ1n) is 8.85. The number of hydrogen-bond acceptors (Lipinski definition) is 6. The summed E-state index contributed by atoms with van der Waals surface area (Å²) in [4.78, 5) is 8.30. The maximum absolute atomic E-state index is 13.9. The predicted molar refractivity (Wildman–Crippen MR) is 91.2 cm³/mol. The van der Waals surface area contributed by atoms with Crippen LogP contribution in [0.1, 0.15) is 31.2 Å². The van der Waals surface area contributed by atoms with Crippen LogP contribution in [0.25, 0.3) is 0 Å². The van der Waals surface area contributed by atoms with Gasteiger partial charge in [0.15, 0.2) is 5.75 Å². The lowest BCUT2D eigenvalue weighted by Gasteiger charge is -2.22. The first kappa shape index (κ1) is 17.9. The van der Waals surface area contributed by atoms with Crippen LogP contribution in [0, 0.1) is 17.3 Å². The monoisotopic (exact) mass is 348 g/mol. The number of nitriles is 1. The van der Waals surface area contributed by atoms with Crippen LogP contribution in [0.2, 0.25) is 0 Å². The molecule has 6 nitrogen and oxygen atoms in total. The largest absolute Gasteiger partial charge is 0.486 e. The zero-order valence-electron chi connectivity index (χ0n) is 14.9. The Morgan fingerprint density at radius 2 is 1.76 bits per heavy atom. The lowest BCUT2D eigenvalue weighted by atomic mass is 10.2. The van der Waals surface area contributed by atoms with Gasteiger partial charge in [0, 0.05) is 18.2 Å². The second kappa shape index (κ2) is 7.98. The Labute approximate surface area is 148 Å². The van der Waals surface area contributed by atoms with Gasteiger partial charge in [0.05, 0.1) is 0 Å². The van der Waals surface area contributed by atoms with E-state index in [1.807, 2.05) is 6.07 Å². The van der Waals surface area contributed by atoms with Crippen LogP contribution in [0.3, 0.4) is 0 Å². The van der Waals surface area contributed by atoms with E-state index >= 15 is 0 Å². The highest BCUT2D eigenvalue weighted by atomic mass is 19.1. The standard InChI is InChI=1S/C18H25FN4O2/c1-22-7-3-5-14(22)11-24-16-9-13(10-20)17(19)21-18(16)25-12-15-6-4-8-23(15)2/h9,14-15H,3-8,11-12H2,1-2H3/t14-,15-/m0/s1. The molecule has 2 aliphatic rings. The minimum atomic E-state index is -0.817. The molecule has 0 radical (unpaired) electrons. The molecule has 2 fully saturated rings. The van der Waals surface area contributed by atoms with E-state index in [2.05, 4.69) is 28.9 Å². The van der Waals surface area contributed by atoms with Crippen molar-refractivity contribution >= 4 is 0 Å². The smallest absolute Gasteiger partial charge is 0.259 e. The first-order chi connectivity index (χ1) is 12.1. The Balaban J connectivity index is 1.70. The van der Waals surface area contributed by atoms with Crippen molar-refractivity contribution in [1.82, 2.24) is 14.8 Å². The van der Waals surface area contributed by atoms with E-state index in [1.165, 1.54) is 6.07 Å². The summed E-state index contributed by atoms with van der Waals surface area (Å²) in [5, 5.41) is 9.05. The number of halogens is 1. The molecule has 0 bridgehead atoms. The van der Waals surface area contributed by atoms with Crippen molar-refractivity contribution in [2.75, 3.05) is 40.4 Å². The van der Waals surface area contributed by atoms with Crippen LogP contribution < -0.4 is 9.47 Å². The van der Waals surface area contributed by atoms with E-state index in [1.54, 1.807) is 0 Å². The minimum absolute atomic E-state index is 0.125. The number of nitrogens with zero attached hydrogens (tertiary/aromatic N) is 4. The Kier molecular flexibility index (Phi) is 5.71. The fraction of sp³-hybridized carbons (Fsp3) is 0.667. The van der Waals surface area contributed by atoms with Crippen molar-refractivity contribution in [3.8, 4) is 17.7 Å². The van der Waals surface area contributed by atoms with E-state index < -0.39 is 5.95 Å². The summed E-state index contributed by atoms with van der Waals surface area (Å²) < 4.78 is 25.6. The van der Waals surface area contributed by atoms with Crippen LogP contribution >= 0.6 is 0 Å². The maximum Gasteiger partial charge on any atom is 0.259 e. The van der Waals surface area contributed by atoms with E-state index in [9.17, 15) is 4.39 Å². The molecular weight excluding hydrogens is 323 g/mol. The lowest BCUT2D eigenvalue weighted by molar-refractivity contribution is 0.168. The molecular formula is C18H25FN4O2. The molecule has 0 unspecified atom stereocenters. The molecule has 25 heavy (non-hydrogen) atoms. The molecule has 2 aliphatic heterocycles. The second-order valence-corrected chi connectivity index (χ2v) is 6.92. The number of pyridine rings is 1. The van der Waals surface area contributed by atoms with Crippen molar-refractivity contribution in [2.24, 2.45) is 0 Å². The van der Waals surface area contributed by atoms with Gasteiger partial charge in [-0.3, -0.25) is 0 Å². The zero-order valence-corrected chi connectivity index (χ0v) is 14.9. The molecule has 2 saturated heterocycles. The van der Waals surface area contributed by atoms with Crippen LogP contribution in [-0.2, 0) is 0 Å². The summed E-state index contributed by atoms with van der Waals surface area (Å²) >= 11 is 0. The average molecular weight is 348 g/mol. The van der Waals surface area contributed by atoms with Gasteiger partial charge in [0.25, 0.3) is 5.88 Å². The van der Waals surface area contributed by atoms with Gasteiger partial charge in [-0.15, -0.1) is 0 Å². The molecule has 3 rings (SSSR count). The Morgan fingerprint density at radius 1 is 1.16 bits per heavy atom. The van der Waals surface area contributed by atoms with Crippen molar-refractivity contribution in [3.63, 3.8) is 0 Å². The summed E-state index contributed by atoms with van der Waals surface area (Å²) in [6.45, 7) is 3.01. The number of likely N-dealkylation sites (N-methyl/N-ethyl adjacent to an activating group) is 2. The fourth-order valence-corrected chi connectivity index (χ4v) is 3.48. The predicted octanol–water partition coefficient (Wildman–Crippen LogP) is 2.04. The van der Waals surface area contributed by atoms with Crippen LogP contribution in [0.15, 0.2) is 6.07 Å². The molecule has 1 aromatic rings. The third-order valence-corrected chi connectivity index (χ3v) is 5.22. The van der Waals surface area contributed by atoms with Crippen molar-refractivity contribution in [3.05, 3.63) is 17.6 Å². The van der Waals surface area contributed by atoms with Gasteiger partial charge in [-0.1, -0.05) is 0 Å².